The second-order valence-corrected chi connectivity index (χ2v) is 6.19. The van der Waals surface area contributed by atoms with Gasteiger partial charge in [-0.25, -0.2) is 4.39 Å². The molecule has 0 aliphatic carbocycles. The fourth-order valence-electron chi connectivity index (χ4n) is 2.39. The molecule has 2 amide bonds. The van der Waals surface area contributed by atoms with Crippen LogP contribution in [-0.2, 0) is 16.1 Å². The van der Waals surface area contributed by atoms with Gasteiger partial charge in [0.15, 0.2) is 0 Å². The first-order valence-corrected chi connectivity index (χ1v) is 8.15. The van der Waals surface area contributed by atoms with Crippen molar-refractivity contribution >= 4 is 11.8 Å². The minimum Gasteiger partial charge on any atom is -0.351 e. The third-order valence-electron chi connectivity index (χ3n) is 3.77. The molecule has 1 N–H and O–H groups in total. The van der Waals surface area contributed by atoms with Gasteiger partial charge in [-0.05, 0) is 32.8 Å². The Morgan fingerprint density at radius 1 is 1.13 bits per heavy atom. The Balaban J connectivity index is 2.75. The van der Waals surface area contributed by atoms with Crippen molar-refractivity contribution < 1.29 is 14.0 Å². The van der Waals surface area contributed by atoms with Gasteiger partial charge in [0.2, 0.25) is 11.8 Å². The molecule has 4 nitrogen and oxygen atoms in total. The monoisotopic (exact) mass is 322 g/mol. The van der Waals surface area contributed by atoms with Crippen LogP contribution in [0.15, 0.2) is 24.3 Å². The minimum atomic E-state index is -1.17. The van der Waals surface area contributed by atoms with Crippen LogP contribution in [0.4, 0.5) is 4.39 Å². The number of hydrogen-bond donors (Lipinski definition) is 1. The van der Waals surface area contributed by atoms with Gasteiger partial charge in [0.05, 0.1) is 0 Å². The molecule has 0 fully saturated rings. The Kier molecular flexibility index (Phi) is 7.20. The van der Waals surface area contributed by atoms with E-state index < -0.39 is 5.41 Å². The molecule has 0 unspecified atom stereocenters. The molecule has 0 aromatic heterocycles. The summed E-state index contributed by atoms with van der Waals surface area (Å²) in [5.74, 6) is -0.939. The molecule has 1 aromatic rings. The molecule has 1 rings (SSSR count). The van der Waals surface area contributed by atoms with Gasteiger partial charge >= 0.3 is 0 Å². The van der Waals surface area contributed by atoms with Crippen molar-refractivity contribution in [1.29, 1.82) is 0 Å². The molecule has 0 atom stereocenters. The van der Waals surface area contributed by atoms with E-state index in [0.29, 0.717) is 18.7 Å². The largest absolute Gasteiger partial charge is 0.351 e. The average Bonchev–Trinajstić information content (AvgIpc) is 2.52. The van der Waals surface area contributed by atoms with E-state index >= 15 is 0 Å². The zero-order valence-electron chi connectivity index (χ0n) is 14.5. The molecule has 128 valence electrons. The van der Waals surface area contributed by atoms with E-state index in [-0.39, 0.29) is 24.2 Å². The van der Waals surface area contributed by atoms with Crippen molar-refractivity contribution in [1.82, 2.24) is 10.2 Å². The number of rotatable bonds is 8. The Bertz CT molecular complexity index is 538. The highest BCUT2D eigenvalue weighted by Crippen LogP contribution is 2.20. The number of halogens is 1. The number of hydrogen-bond acceptors (Lipinski definition) is 2. The molecule has 0 heterocycles. The normalized spacial score (nSPS) is 11.2. The highest BCUT2D eigenvalue weighted by atomic mass is 19.1. The predicted octanol–water partition coefficient (Wildman–Crippen LogP) is 3.12. The average molecular weight is 322 g/mol. The van der Waals surface area contributed by atoms with Gasteiger partial charge in [0, 0.05) is 25.2 Å². The highest BCUT2D eigenvalue weighted by Gasteiger charge is 2.38. The first-order valence-electron chi connectivity index (χ1n) is 8.15. The summed E-state index contributed by atoms with van der Waals surface area (Å²) in [5, 5.41) is 2.67. The van der Waals surface area contributed by atoms with Gasteiger partial charge in [-0.3, -0.25) is 9.59 Å². The number of nitrogens with one attached hydrogen (secondary N) is 1. The van der Waals surface area contributed by atoms with Crippen LogP contribution >= 0.6 is 0 Å². The van der Waals surface area contributed by atoms with Gasteiger partial charge in [0.25, 0.3) is 0 Å². The summed E-state index contributed by atoms with van der Waals surface area (Å²) in [6.07, 6.45) is 1.69. The van der Waals surface area contributed by atoms with Gasteiger partial charge in [0.1, 0.15) is 11.2 Å². The molecule has 0 aliphatic rings. The Labute approximate surface area is 138 Å². The summed E-state index contributed by atoms with van der Waals surface area (Å²) < 4.78 is 13.6. The summed E-state index contributed by atoms with van der Waals surface area (Å²) in [7, 11) is 0. The number of nitrogens with zero attached hydrogens (tertiary/aromatic N) is 1. The van der Waals surface area contributed by atoms with Crippen LogP contribution in [0.25, 0.3) is 0 Å². The lowest BCUT2D eigenvalue weighted by Gasteiger charge is -2.30. The SMILES string of the molecule is CCCN(CCC)C(=O)C(C)(C)C(=O)NCc1ccccc1F. The molecule has 0 bridgehead atoms. The molecule has 23 heavy (non-hydrogen) atoms. The maximum Gasteiger partial charge on any atom is 0.237 e. The number of benzene rings is 1. The van der Waals surface area contributed by atoms with Crippen molar-refractivity contribution in [3.05, 3.63) is 35.6 Å². The quantitative estimate of drug-likeness (QED) is 0.748. The van der Waals surface area contributed by atoms with Crippen molar-refractivity contribution in [2.45, 2.75) is 47.1 Å². The third kappa shape index (κ3) is 5.05. The van der Waals surface area contributed by atoms with Crippen molar-refractivity contribution in [2.75, 3.05) is 13.1 Å². The van der Waals surface area contributed by atoms with Crippen LogP contribution in [0.2, 0.25) is 0 Å². The zero-order chi connectivity index (χ0) is 17.5. The number of carbonyl (C=O) groups is 2. The van der Waals surface area contributed by atoms with E-state index in [1.165, 1.54) is 6.07 Å². The fraction of sp³-hybridized carbons (Fsp3) is 0.556. The van der Waals surface area contributed by atoms with E-state index in [2.05, 4.69) is 5.32 Å². The Hall–Kier alpha value is -1.91. The molecular weight excluding hydrogens is 295 g/mol. The first kappa shape index (κ1) is 19.1. The summed E-state index contributed by atoms with van der Waals surface area (Å²) in [4.78, 5) is 26.8. The maximum absolute atomic E-state index is 13.6. The van der Waals surface area contributed by atoms with Crippen LogP contribution < -0.4 is 5.32 Å². The minimum absolute atomic E-state index is 0.0732. The lowest BCUT2D eigenvalue weighted by molar-refractivity contribution is -0.148. The molecular formula is C18H27FN2O2. The Morgan fingerprint density at radius 2 is 1.70 bits per heavy atom. The Morgan fingerprint density at radius 3 is 2.22 bits per heavy atom. The molecule has 5 heteroatoms. The summed E-state index contributed by atoms with van der Waals surface area (Å²) in [6.45, 7) is 8.58. The second kappa shape index (κ2) is 8.65. The summed E-state index contributed by atoms with van der Waals surface area (Å²) in [6, 6.07) is 6.28. The van der Waals surface area contributed by atoms with Crippen LogP contribution in [-0.4, -0.2) is 29.8 Å². The van der Waals surface area contributed by atoms with Crippen LogP contribution in [0.1, 0.15) is 46.1 Å². The molecule has 0 spiro atoms. The number of carbonyl (C=O) groups excluding carboxylic acids is 2. The molecule has 0 aliphatic heterocycles. The third-order valence-corrected chi connectivity index (χ3v) is 3.77. The maximum atomic E-state index is 13.6. The summed E-state index contributed by atoms with van der Waals surface area (Å²) >= 11 is 0. The van der Waals surface area contributed by atoms with E-state index in [4.69, 9.17) is 0 Å². The standard InChI is InChI=1S/C18H27FN2O2/c1-5-11-21(12-6-2)17(23)18(3,4)16(22)20-13-14-9-7-8-10-15(14)19/h7-10H,5-6,11-13H2,1-4H3,(H,20,22). The van der Waals surface area contributed by atoms with Gasteiger partial charge in [-0.1, -0.05) is 32.0 Å². The van der Waals surface area contributed by atoms with Gasteiger partial charge in [-0.15, -0.1) is 0 Å². The lowest BCUT2D eigenvalue weighted by Crippen LogP contribution is -2.49. The molecule has 0 saturated carbocycles. The van der Waals surface area contributed by atoms with Crippen molar-refractivity contribution in [3.63, 3.8) is 0 Å². The highest BCUT2D eigenvalue weighted by molar-refractivity contribution is 6.04. The van der Waals surface area contributed by atoms with Crippen LogP contribution in [0, 0.1) is 11.2 Å². The van der Waals surface area contributed by atoms with E-state index in [0.717, 1.165) is 12.8 Å². The van der Waals surface area contributed by atoms with E-state index in [1.807, 2.05) is 13.8 Å². The van der Waals surface area contributed by atoms with Crippen molar-refractivity contribution in [2.24, 2.45) is 5.41 Å². The van der Waals surface area contributed by atoms with E-state index in [1.54, 1.807) is 36.9 Å². The van der Waals surface area contributed by atoms with Crippen molar-refractivity contribution in [3.8, 4) is 0 Å². The second-order valence-electron chi connectivity index (χ2n) is 6.19. The predicted molar refractivity (Wildman–Crippen MR) is 89.2 cm³/mol. The van der Waals surface area contributed by atoms with E-state index in [9.17, 15) is 14.0 Å². The topological polar surface area (TPSA) is 49.4 Å². The molecule has 0 saturated heterocycles. The number of amides is 2. The van der Waals surface area contributed by atoms with Gasteiger partial charge in [-0.2, -0.15) is 0 Å². The van der Waals surface area contributed by atoms with Crippen LogP contribution in [0.3, 0.4) is 0 Å². The lowest BCUT2D eigenvalue weighted by atomic mass is 9.90. The smallest absolute Gasteiger partial charge is 0.237 e. The van der Waals surface area contributed by atoms with Gasteiger partial charge < -0.3 is 10.2 Å². The fourth-order valence-corrected chi connectivity index (χ4v) is 2.39. The zero-order valence-corrected chi connectivity index (χ0v) is 14.5. The first-order chi connectivity index (χ1) is 10.8. The molecule has 1 aromatic carbocycles. The summed E-state index contributed by atoms with van der Waals surface area (Å²) in [5.41, 5.74) is -0.765. The van der Waals surface area contributed by atoms with Crippen LogP contribution in [0.5, 0.6) is 0 Å². The molecule has 0 radical (unpaired) electrons.